The van der Waals surface area contributed by atoms with Crippen LogP contribution in [0.5, 0.6) is 0 Å². The molecule has 0 radical (unpaired) electrons. The van der Waals surface area contributed by atoms with E-state index in [0.717, 1.165) is 25.8 Å². The molecule has 3 aliphatic rings. The van der Waals surface area contributed by atoms with Crippen molar-refractivity contribution in [1.82, 2.24) is 24.9 Å². The molecule has 4 heterocycles. The maximum atomic E-state index is 12.9. The lowest BCUT2D eigenvalue weighted by molar-refractivity contribution is -0.156. The number of fused-ring (bicyclic) bond motifs is 4. The van der Waals surface area contributed by atoms with Crippen molar-refractivity contribution in [3.63, 3.8) is 0 Å². The number of carbonyl (C=O) groups excluding carboxylic acids is 3. The number of aryl methyl sites for hydroxylation is 1. The van der Waals surface area contributed by atoms with Gasteiger partial charge >= 0.3 is 0 Å². The molecule has 1 N–H and O–H groups in total. The Balaban J connectivity index is 1.47. The molecule has 3 amide bonds. The molecule has 28 heavy (non-hydrogen) atoms. The number of hydrogen-bond donors (Lipinski definition) is 1. The number of piperidine rings is 3. The molecule has 4 atom stereocenters. The van der Waals surface area contributed by atoms with Crippen LogP contribution >= 0.6 is 0 Å². The van der Waals surface area contributed by atoms with Crippen LogP contribution in [0, 0.1) is 11.8 Å². The second kappa shape index (κ2) is 7.93. The van der Waals surface area contributed by atoms with E-state index in [1.165, 1.54) is 6.92 Å². The summed E-state index contributed by atoms with van der Waals surface area (Å²) in [6.45, 7) is 3.96. The molecule has 8 nitrogen and oxygen atoms in total. The fourth-order valence-electron chi connectivity index (χ4n) is 5.29. The maximum absolute atomic E-state index is 12.9. The summed E-state index contributed by atoms with van der Waals surface area (Å²) in [4.78, 5) is 41.1. The minimum Gasteiger partial charge on any atom is -0.354 e. The van der Waals surface area contributed by atoms with Gasteiger partial charge in [0.1, 0.15) is 0 Å². The van der Waals surface area contributed by atoms with Gasteiger partial charge in [-0.2, -0.15) is 5.10 Å². The average molecular weight is 387 g/mol. The van der Waals surface area contributed by atoms with E-state index >= 15 is 0 Å². The summed E-state index contributed by atoms with van der Waals surface area (Å²) in [6, 6.07) is 2.04. The molecule has 0 aromatic carbocycles. The van der Waals surface area contributed by atoms with Crippen LogP contribution in [0.3, 0.4) is 0 Å². The highest BCUT2D eigenvalue weighted by molar-refractivity contribution is 5.79. The van der Waals surface area contributed by atoms with Crippen LogP contribution < -0.4 is 5.32 Å². The molecule has 1 aromatic rings. The van der Waals surface area contributed by atoms with Crippen LogP contribution in [-0.4, -0.2) is 69.0 Å². The molecule has 3 fully saturated rings. The van der Waals surface area contributed by atoms with Gasteiger partial charge in [-0.3, -0.25) is 19.1 Å². The largest absolute Gasteiger partial charge is 0.354 e. The van der Waals surface area contributed by atoms with Crippen LogP contribution in [0.2, 0.25) is 0 Å². The van der Waals surface area contributed by atoms with Crippen molar-refractivity contribution < 1.29 is 14.4 Å². The van der Waals surface area contributed by atoms with Crippen LogP contribution in [0.15, 0.2) is 18.5 Å². The van der Waals surface area contributed by atoms with E-state index in [1.807, 2.05) is 17.2 Å². The van der Waals surface area contributed by atoms with E-state index in [4.69, 9.17) is 0 Å². The van der Waals surface area contributed by atoms with E-state index < -0.39 is 0 Å². The lowest BCUT2D eigenvalue weighted by Gasteiger charge is -2.56. The Morgan fingerprint density at radius 2 is 2.11 bits per heavy atom. The molecular formula is C20H29N5O3. The Kier molecular flexibility index (Phi) is 5.37. The lowest BCUT2D eigenvalue weighted by Crippen LogP contribution is -2.67. The second-order valence-corrected chi connectivity index (χ2v) is 8.34. The molecule has 1 aromatic heterocycles. The highest BCUT2D eigenvalue weighted by Gasteiger charge is 2.49. The van der Waals surface area contributed by atoms with Gasteiger partial charge in [0, 0.05) is 64.4 Å². The third kappa shape index (κ3) is 3.77. The molecule has 152 valence electrons. The molecule has 2 bridgehead atoms. The van der Waals surface area contributed by atoms with Crippen LogP contribution in [-0.2, 0) is 20.9 Å². The van der Waals surface area contributed by atoms with E-state index in [2.05, 4.69) is 15.3 Å². The summed E-state index contributed by atoms with van der Waals surface area (Å²) < 4.78 is 1.78. The number of nitrogens with zero attached hydrogens (tertiary/aromatic N) is 4. The first-order valence-electron chi connectivity index (χ1n) is 10.3. The van der Waals surface area contributed by atoms with Crippen LogP contribution in [0.25, 0.3) is 0 Å². The number of carbonyl (C=O) groups is 3. The minimum absolute atomic E-state index is 0.0142. The molecule has 0 saturated carbocycles. The van der Waals surface area contributed by atoms with E-state index in [1.54, 1.807) is 10.9 Å². The van der Waals surface area contributed by atoms with E-state index in [9.17, 15) is 14.4 Å². The predicted octanol–water partition coefficient (Wildman–Crippen LogP) is 0.637. The van der Waals surface area contributed by atoms with Crippen molar-refractivity contribution in [2.24, 2.45) is 11.8 Å². The van der Waals surface area contributed by atoms with Gasteiger partial charge in [-0.15, -0.1) is 0 Å². The Morgan fingerprint density at radius 1 is 1.29 bits per heavy atom. The van der Waals surface area contributed by atoms with Crippen LogP contribution in [0.1, 0.15) is 39.0 Å². The van der Waals surface area contributed by atoms with Gasteiger partial charge in [-0.05, 0) is 37.2 Å². The zero-order valence-corrected chi connectivity index (χ0v) is 16.4. The lowest BCUT2D eigenvalue weighted by atomic mass is 9.72. The number of nitrogens with one attached hydrogen (secondary N) is 1. The normalized spacial score (nSPS) is 29.4. The fraction of sp³-hybridized carbons (Fsp3) is 0.700. The summed E-state index contributed by atoms with van der Waals surface area (Å²) in [7, 11) is 0. The molecule has 4 rings (SSSR count). The van der Waals surface area contributed by atoms with Gasteiger partial charge in [0.15, 0.2) is 0 Å². The molecular weight excluding hydrogens is 358 g/mol. The fourth-order valence-corrected chi connectivity index (χ4v) is 5.29. The van der Waals surface area contributed by atoms with Gasteiger partial charge in [0.2, 0.25) is 17.7 Å². The van der Waals surface area contributed by atoms with Crippen LogP contribution in [0.4, 0.5) is 0 Å². The summed E-state index contributed by atoms with van der Waals surface area (Å²) in [5.41, 5.74) is 0. The van der Waals surface area contributed by atoms with Crippen molar-refractivity contribution in [3.05, 3.63) is 18.5 Å². The van der Waals surface area contributed by atoms with Gasteiger partial charge in [-0.25, -0.2) is 0 Å². The smallest absolute Gasteiger partial charge is 0.224 e. The quantitative estimate of drug-likeness (QED) is 0.803. The summed E-state index contributed by atoms with van der Waals surface area (Å²) in [5, 5.41) is 7.08. The number of likely N-dealkylation sites (tertiary alicyclic amines) is 1. The SMILES string of the molecule is CC(=O)NC[C@H]1[C@H]2C[C@H](CN(C(=O)CCn3cccn3)C2)[C@@H]2CCCC(=O)N21. The van der Waals surface area contributed by atoms with Gasteiger partial charge in [0.25, 0.3) is 0 Å². The number of aromatic nitrogens is 2. The molecule has 3 aliphatic heterocycles. The Morgan fingerprint density at radius 3 is 2.86 bits per heavy atom. The molecule has 3 saturated heterocycles. The molecule has 8 heteroatoms. The first kappa shape index (κ1) is 19.0. The van der Waals surface area contributed by atoms with Crippen molar-refractivity contribution in [3.8, 4) is 0 Å². The molecule has 0 unspecified atom stereocenters. The number of hydrogen-bond acceptors (Lipinski definition) is 4. The number of rotatable bonds is 5. The summed E-state index contributed by atoms with van der Waals surface area (Å²) >= 11 is 0. The topological polar surface area (TPSA) is 87.5 Å². The third-order valence-electron chi connectivity index (χ3n) is 6.52. The monoisotopic (exact) mass is 387 g/mol. The maximum Gasteiger partial charge on any atom is 0.224 e. The van der Waals surface area contributed by atoms with Gasteiger partial charge in [-0.1, -0.05) is 0 Å². The van der Waals surface area contributed by atoms with Crippen molar-refractivity contribution in [2.45, 2.75) is 57.7 Å². The zero-order chi connectivity index (χ0) is 19.7. The highest BCUT2D eigenvalue weighted by atomic mass is 16.2. The minimum atomic E-state index is -0.0777. The Labute approximate surface area is 165 Å². The Hall–Kier alpha value is -2.38. The summed E-state index contributed by atoms with van der Waals surface area (Å²) in [6.07, 6.45) is 7.56. The van der Waals surface area contributed by atoms with Crippen molar-refractivity contribution >= 4 is 17.7 Å². The van der Waals surface area contributed by atoms with Gasteiger partial charge < -0.3 is 15.1 Å². The zero-order valence-electron chi connectivity index (χ0n) is 16.4. The number of amides is 3. The van der Waals surface area contributed by atoms with Crippen molar-refractivity contribution in [2.75, 3.05) is 19.6 Å². The standard InChI is InChI=1S/C20H29N5O3/c1-14(26)21-11-18-16-10-15(17-4-2-5-20(28)25(17)18)12-23(13-16)19(27)6-9-24-8-3-7-22-24/h3,7-8,15-18H,2,4-6,9-13H2,1H3,(H,21,26)/t15-,16+,17+,18+/m1/s1. The van der Waals surface area contributed by atoms with Crippen molar-refractivity contribution in [1.29, 1.82) is 0 Å². The Bertz CT molecular complexity index is 734. The second-order valence-electron chi connectivity index (χ2n) is 8.34. The first-order chi connectivity index (χ1) is 13.5. The average Bonchev–Trinajstić information content (AvgIpc) is 3.20. The summed E-state index contributed by atoms with van der Waals surface area (Å²) in [5.74, 6) is 0.840. The third-order valence-corrected chi connectivity index (χ3v) is 6.52. The van der Waals surface area contributed by atoms with E-state index in [-0.39, 0.29) is 35.7 Å². The highest BCUT2D eigenvalue weighted by Crippen LogP contribution is 2.41. The first-order valence-corrected chi connectivity index (χ1v) is 10.3. The molecule has 0 aliphatic carbocycles. The predicted molar refractivity (Wildman–Crippen MR) is 102 cm³/mol. The van der Waals surface area contributed by atoms with Gasteiger partial charge in [0.05, 0.1) is 6.04 Å². The molecule has 0 spiro atoms. The van der Waals surface area contributed by atoms with E-state index in [0.29, 0.717) is 38.4 Å².